The van der Waals surface area contributed by atoms with Crippen molar-refractivity contribution in [3.63, 3.8) is 0 Å². The molecule has 1 aromatic carbocycles. The number of nitrogens with one attached hydrogen (secondary N) is 2. The fraction of sp³-hybridized carbons (Fsp3) is 0.167. The van der Waals surface area contributed by atoms with Crippen molar-refractivity contribution in [3.8, 4) is 5.75 Å². The van der Waals surface area contributed by atoms with Gasteiger partial charge in [-0.1, -0.05) is 29.8 Å². The van der Waals surface area contributed by atoms with E-state index < -0.39 is 0 Å². The lowest BCUT2D eigenvalue weighted by Gasteiger charge is -2.08. The largest absolute Gasteiger partial charge is 0.492 e. The van der Waals surface area contributed by atoms with Crippen molar-refractivity contribution in [3.05, 3.63) is 52.0 Å². The first-order valence-corrected chi connectivity index (χ1v) is 5.80. The molecule has 1 aromatic heterocycles. The minimum absolute atomic E-state index is 0.0530. The third-order valence-electron chi connectivity index (χ3n) is 2.20. The molecule has 2 N–H and O–H groups in total. The predicted molar refractivity (Wildman–Crippen MR) is 70.3 cm³/mol. The molecule has 0 atom stereocenters. The molecule has 94 valence electrons. The first-order valence-electron chi connectivity index (χ1n) is 5.42. The van der Waals surface area contributed by atoms with Crippen LogP contribution in [0.15, 0.2) is 41.5 Å². The van der Waals surface area contributed by atoms with E-state index in [-0.39, 0.29) is 10.6 Å². The highest BCUT2D eigenvalue weighted by molar-refractivity contribution is 6.32. The van der Waals surface area contributed by atoms with Crippen molar-refractivity contribution in [1.29, 1.82) is 0 Å². The molecule has 0 aliphatic rings. The van der Waals surface area contributed by atoms with Crippen molar-refractivity contribution in [1.82, 2.24) is 9.97 Å². The Morgan fingerprint density at radius 1 is 1.33 bits per heavy atom. The normalized spacial score (nSPS) is 10.1. The van der Waals surface area contributed by atoms with Gasteiger partial charge in [0, 0.05) is 0 Å². The Kier molecular flexibility index (Phi) is 4.20. The van der Waals surface area contributed by atoms with Gasteiger partial charge in [-0.3, -0.25) is 4.79 Å². The third-order valence-corrected chi connectivity index (χ3v) is 2.55. The summed E-state index contributed by atoms with van der Waals surface area (Å²) in [6, 6.07) is 9.47. The highest BCUT2D eigenvalue weighted by Gasteiger charge is 2.04. The molecule has 0 fully saturated rings. The van der Waals surface area contributed by atoms with E-state index in [0.717, 1.165) is 5.75 Å². The number of hydrogen-bond donors (Lipinski definition) is 2. The average Bonchev–Trinajstić information content (AvgIpc) is 2.40. The minimum Gasteiger partial charge on any atom is -0.492 e. The number of hydrogen-bond acceptors (Lipinski definition) is 4. The van der Waals surface area contributed by atoms with Gasteiger partial charge in [-0.2, -0.15) is 0 Å². The van der Waals surface area contributed by atoms with E-state index in [1.54, 1.807) is 0 Å². The van der Waals surface area contributed by atoms with Crippen molar-refractivity contribution < 1.29 is 4.74 Å². The van der Waals surface area contributed by atoms with Crippen LogP contribution in [0.2, 0.25) is 5.02 Å². The summed E-state index contributed by atoms with van der Waals surface area (Å²) in [5.74, 6) is 1.15. The molecular formula is C12H12ClN3O2. The van der Waals surface area contributed by atoms with E-state index in [2.05, 4.69) is 15.3 Å². The predicted octanol–water partition coefficient (Wildman–Crippen LogP) is 1.91. The van der Waals surface area contributed by atoms with Gasteiger partial charge >= 0.3 is 0 Å². The zero-order chi connectivity index (χ0) is 12.8. The lowest BCUT2D eigenvalue weighted by Crippen LogP contribution is -2.16. The average molecular weight is 266 g/mol. The van der Waals surface area contributed by atoms with Crippen LogP contribution in [-0.2, 0) is 0 Å². The van der Waals surface area contributed by atoms with E-state index in [4.69, 9.17) is 16.3 Å². The quantitative estimate of drug-likeness (QED) is 0.811. The lowest BCUT2D eigenvalue weighted by atomic mass is 10.3. The van der Waals surface area contributed by atoms with Gasteiger partial charge in [-0.15, -0.1) is 0 Å². The van der Waals surface area contributed by atoms with Gasteiger partial charge in [0.2, 0.25) is 0 Å². The van der Waals surface area contributed by atoms with E-state index >= 15 is 0 Å². The Hall–Kier alpha value is -2.01. The van der Waals surface area contributed by atoms with Gasteiger partial charge in [-0.25, -0.2) is 4.98 Å². The number of halogens is 1. The molecule has 0 saturated carbocycles. The molecule has 0 aliphatic carbocycles. The zero-order valence-corrected chi connectivity index (χ0v) is 10.3. The van der Waals surface area contributed by atoms with Gasteiger partial charge in [0.1, 0.15) is 17.4 Å². The SMILES string of the molecule is O=c1[nH]cnc(NCCOc2ccccc2)c1Cl. The number of benzene rings is 1. The van der Waals surface area contributed by atoms with Crippen molar-refractivity contribution in [2.45, 2.75) is 0 Å². The fourth-order valence-corrected chi connectivity index (χ4v) is 1.53. The van der Waals surface area contributed by atoms with Crippen LogP contribution in [0.3, 0.4) is 0 Å². The summed E-state index contributed by atoms with van der Waals surface area (Å²) in [6.07, 6.45) is 1.30. The van der Waals surface area contributed by atoms with Gasteiger partial charge in [0.15, 0.2) is 5.82 Å². The number of anilines is 1. The van der Waals surface area contributed by atoms with Crippen LogP contribution in [0.5, 0.6) is 5.75 Å². The van der Waals surface area contributed by atoms with E-state index in [1.165, 1.54) is 6.33 Å². The van der Waals surface area contributed by atoms with Crippen LogP contribution in [-0.4, -0.2) is 23.1 Å². The lowest BCUT2D eigenvalue weighted by molar-refractivity contribution is 0.333. The van der Waals surface area contributed by atoms with Crippen molar-refractivity contribution >= 4 is 17.4 Å². The molecule has 18 heavy (non-hydrogen) atoms. The number of H-pyrrole nitrogens is 1. The summed E-state index contributed by atoms with van der Waals surface area (Å²) in [5, 5.41) is 2.99. The Balaban J connectivity index is 1.82. The molecule has 0 aliphatic heterocycles. The summed E-state index contributed by atoms with van der Waals surface area (Å²) >= 11 is 5.78. The molecule has 0 unspecified atom stereocenters. The fourth-order valence-electron chi connectivity index (χ4n) is 1.36. The summed E-state index contributed by atoms with van der Waals surface area (Å²) in [4.78, 5) is 17.5. The molecule has 0 bridgehead atoms. The van der Waals surface area contributed by atoms with E-state index in [0.29, 0.717) is 19.0 Å². The third kappa shape index (κ3) is 3.24. The Morgan fingerprint density at radius 2 is 2.11 bits per heavy atom. The van der Waals surface area contributed by atoms with Gasteiger partial charge < -0.3 is 15.0 Å². The Morgan fingerprint density at radius 3 is 2.89 bits per heavy atom. The molecule has 1 heterocycles. The van der Waals surface area contributed by atoms with Crippen LogP contribution < -0.4 is 15.6 Å². The molecular weight excluding hydrogens is 254 g/mol. The van der Waals surface area contributed by atoms with E-state index in [9.17, 15) is 4.79 Å². The topological polar surface area (TPSA) is 67.0 Å². The zero-order valence-electron chi connectivity index (χ0n) is 9.52. The number of nitrogens with zero attached hydrogens (tertiary/aromatic N) is 1. The summed E-state index contributed by atoms with van der Waals surface area (Å²) < 4.78 is 5.48. The number of aromatic amines is 1. The smallest absolute Gasteiger partial charge is 0.271 e. The highest BCUT2D eigenvalue weighted by atomic mass is 35.5. The number of rotatable bonds is 5. The second-order valence-corrected chi connectivity index (χ2v) is 3.86. The van der Waals surface area contributed by atoms with E-state index in [1.807, 2.05) is 30.3 Å². The maximum Gasteiger partial charge on any atom is 0.271 e. The molecule has 6 heteroatoms. The van der Waals surface area contributed by atoms with Crippen LogP contribution in [0.1, 0.15) is 0 Å². The van der Waals surface area contributed by atoms with Crippen LogP contribution in [0.25, 0.3) is 0 Å². The van der Waals surface area contributed by atoms with Crippen LogP contribution in [0, 0.1) is 0 Å². The number of para-hydroxylation sites is 1. The summed E-state index contributed by atoms with van der Waals surface area (Å²) in [5.41, 5.74) is -0.363. The molecule has 2 rings (SSSR count). The first-order chi connectivity index (χ1) is 8.77. The minimum atomic E-state index is -0.363. The Bertz CT molecular complexity index is 557. The maximum atomic E-state index is 11.2. The molecule has 0 spiro atoms. The Labute approximate surface area is 109 Å². The summed E-state index contributed by atoms with van der Waals surface area (Å²) in [7, 11) is 0. The van der Waals surface area contributed by atoms with Crippen LogP contribution in [0.4, 0.5) is 5.82 Å². The highest BCUT2D eigenvalue weighted by Crippen LogP contribution is 2.12. The number of ether oxygens (including phenoxy) is 1. The van der Waals surface area contributed by atoms with Gasteiger partial charge in [0.25, 0.3) is 5.56 Å². The van der Waals surface area contributed by atoms with Gasteiger partial charge in [0.05, 0.1) is 12.9 Å². The standard InChI is InChI=1S/C12H12ClN3O2/c13-10-11(15-8-16-12(10)17)14-6-7-18-9-4-2-1-3-5-9/h1-5,8H,6-7H2,(H2,14,15,16,17). The summed E-state index contributed by atoms with van der Waals surface area (Å²) in [6.45, 7) is 0.958. The second kappa shape index (κ2) is 6.07. The monoisotopic (exact) mass is 265 g/mol. The van der Waals surface area contributed by atoms with Crippen molar-refractivity contribution in [2.75, 3.05) is 18.5 Å². The van der Waals surface area contributed by atoms with Crippen LogP contribution >= 0.6 is 11.6 Å². The van der Waals surface area contributed by atoms with Crippen molar-refractivity contribution in [2.24, 2.45) is 0 Å². The van der Waals surface area contributed by atoms with Gasteiger partial charge in [-0.05, 0) is 12.1 Å². The first kappa shape index (κ1) is 12.4. The molecule has 5 nitrogen and oxygen atoms in total. The maximum absolute atomic E-state index is 11.2. The molecule has 0 saturated heterocycles. The number of aromatic nitrogens is 2. The molecule has 2 aromatic rings. The molecule has 0 radical (unpaired) electrons. The second-order valence-electron chi connectivity index (χ2n) is 3.48. The molecule has 0 amide bonds.